The van der Waals surface area contributed by atoms with Gasteiger partial charge < -0.3 is 14.8 Å². The number of para-hydroxylation sites is 2. The number of nitrogens with zero attached hydrogens (tertiary/aromatic N) is 2. The predicted octanol–water partition coefficient (Wildman–Crippen LogP) is 2.71. The Morgan fingerprint density at radius 3 is 2.57 bits per heavy atom. The van der Waals surface area contributed by atoms with Crippen LogP contribution in [0.25, 0.3) is 11.3 Å². The molecule has 8 heteroatoms. The maximum atomic E-state index is 13.4. The van der Waals surface area contributed by atoms with Crippen LogP contribution in [0.2, 0.25) is 0 Å². The van der Waals surface area contributed by atoms with E-state index in [1.165, 1.54) is 44.6 Å². The van der Waals surface area contributed by atoms with Crippen molar-refractivity contribution in [3.63, 3.8) is 0 Å². The summed E-state index contributed by atoms with van der Waals surface area (Å²) in [6, 6.07) is 13.7. The van der Waals surface area contributed by atoms with Crippen LogP contribution in [-0.4, -0.2) is 29.9 Å². The van der Waals surface area contributed by atoms with Gasteiger partial charge in [0.2, 0.25) is 5.91 Å². The number of hydrogen-bond acceptors (Lipinski definition) is 5. The molecular weight excluding hydrogens is 365 g/mol. The fraction of sp³-hybridized carbons (Fsp3) is 0.150. The summed E-state index contributed by atoms with van der Waals surface area (Å²) in [7, 11) is 2.91. The van der Waals surface area contributed by atoms with Crippen molar-refractivity contribution in [2.24, 2.45) is 0 Å². The minimum atomic E-state index is -0.454. The molecule has 2 aromatic carbocycles. The molecule has 144 valence electrons. The molecule has 0 aliphatic carbocycles. The first kappa shape index (κ1) is 19.1. The van der Waals surface area contributed by atoms with Crippen LogP contribution in [0.4, 0.5) is 10.1 Å². The lowest BCUT2D eigenvalue weighted by Crippen LogP contribution is -2.29. The zero-order valence-electron chi connectivity index (χ0n) is 15.3. The molecule has 7 nitrogen and oxygen atoms in total. The fourth-order valence-corrected chi connectivity index (χ4v) is 2.66. The second-order valence-corrected chi connectivity index (χ2v) is 5.81. The smallest absolute Gasteiger partial charge is 0.267 e. The van der Waals surface area contributed by atoms with Crippen molar-refractivity contribution >= 4 is 11.6 Å². The van der Waals surface area contributed by atoms with Gasteiger partial charge in [-0.2, -0.15) is 5.10 Å². The third-order valence-electron chi connectivity index (χ3n) is 3.98. The minimum absolute atomic E-state index is 0.274. The topological polar surface area (TPSA) is 82.4 Å². The van der Waals surface area contributed by atoms with Crippen molar-refractivity contribution < 1.29 is 18.7 Å². The molecule has 0 radical (unpaired) electrons. The summed E-state index contributed by atoms with van der Waals surface area (Å²) >= 11 is 0. The van der Waals surface area contributed by atoms with Gasteiger partial charge in [-0.15, -0.1) is 0 Å². The molecular formula is C20H18FN3O4. The van der Waals surface area contributed by atoms with E-state index in [1.807, 2.05) is 0 Å². The van der Waals surface area contributed by atoms with E-state index in [4.69, 9.17) is 9.47 Å². The van der Waals surface area contributed by atoms with Gasteiger partial charge in [0.05, 0.1) is 25.6 Å². The van der Waals surface area contributed by atoms with Crippen LogP contribution < -0.4 is 20.3 Å². The lowest BCUT2D eigenvalue weighted by atomic mass is 10.1. The molecule has 0 aliphatic heterocycles. The number of rotatable bonds is 6. The summed E-state index contributed by atoms with van der Waals surface area (Å²) in [6.45, 7) is -0.297. The minimum Gasteiger partial charge on any atom is -0.496 e. The van der Waals surface area contributed by atoms with E-state index in [1.54, 1.807) is 24.3 Å². The Morgan fingerprint density at radius 1 is 1.07 bits per heavy atom. The number of benzene rings is 2. The number of hydrogen-bond donors (Lipinski definition) is 1. The molecule has 1 heterocycles. The number of methoxy groups -OCH3 is 2. The Labute approximate surface area is 160 Å². The van der Waals surface area contributed by atoms with Crippen molar-refractivity contribution in [3.05, 3.63) is 70.8 Å². The molecule has 0 bridgehead atoms. The lowest BCUT2D eigenvalue weighted by molar-refractivity contribution is -0.117. The van der Waals surface area contributed by atoms with Crippen molar-refractivity contribution in [2.75, 3.05) is 19.5 Å². The van der Waals surface area contributed by atoms with Gasteiger partial charge in [0, 0.05) is 17.7 Å². The number of amides is 1. The number of aromatic nitrogens is 2. The first-order chi connectivity index (χ1) is 13.5. The number of carbonyl (C=O) groups excluding carboxylic acids is 1. The van der Waals surface area contributed by atoms with E-state index in [0.717, 1.165) is 4.68 Å². The largest absolute Gasteiger partial charge is 0.496 e. The van der Waals surface area contributed by atoms with E-state index < -0.39 is 17.3 Å². The first-order valence-corrected chi connectivity index (χ1v) is 8.37. The molecule has 1 aromatic heterocycles. The number of ether oxygens (including phenoxy) is 2. The number of halogens is 1. The van der Waals surface area contributed by atoms with Crippen LogP contribution >= 0.6 is 0 Å². The van der Waals surface area contributed by atoms with Crippen LogP contribution in [0.5, 0.6) is 11.5 Å². The quantitative estimate of drug-likeness (QED) is 0.708. The maximum absolute atomic E-state index is 13.4. The highest BCUT2D eigenvalue weighted by molar-refractivity contribution is 5.92. The fourth-order valence-electron chi connectivity index (χ4n) is 2.66. The van der Waals surface area contributed by atoms with Crippen LogP contribution in [-0.2, 0) is 11.3 Å². The van der Waals surface area contributed by atoms with Crippen LogP contribution in [0.3, 0.4) is 0 Å². The van der Waals surface area contributed by atoms with E-state index in [-0.39, 0.29) is 12.3 Å². The number of nitrogens with one attached hydrogen (secondary N) is 1. The molecule has 0 unspecified atom stereocenters. The lowest BCUT2D eigenvalue weighted by Gasteiger charge is -2.12. The first-order valence-electron chi connectivity index (χ1n) is 8.37. The summed E-state index contributed by atoms with van der Waals surface area (Å²) in [5.74, 6) is -0.121. The van der Waals surface area contributed by atoms with Gasteiger partial charge in [-0.05, 0) is 30.3 Å². The predicted molar refractivity (Wildman–Crippen MR) is 102 cm³/mol. The zero-order chi connectivity index (χ0) is 20.1. The Morgan fingerprint density at radius 2 is 1.82 bits per heavy atom. The van der Waals surface area contributed by atoms with E-state index >= 15 is 0 Å². The van der Waals surface area contributed by atoms with E-state index in [0.29, 0.717) is 22.7 Å². The van der Waals surface area contributed by atoms with Crippen LogP contribution in [0.15, 0.2) is 59.4 Å². The van der Waals surface area contributed by atoms with Crippen molar-refractivity contribution in [3.8, 4) is 22.8 Å². The number of anilines is 1. The Kier molecular flexibility index (Phi) is 5.69. The summed E-state index contributed by atoms with van der Waals surface area (Å²) in [6.07, 6.45) is 0. The standard InChI is InChI=1S/C20H18FN3O4/c1-27-17-6-4-3-5-16(17)22-19(25)12-24-20(26)10-9-15(23-24)14-8-7-13(21)11-18(14)28-2/h3-11H,12H2,1-2H3,(H,22,25). The molecule has 0 saturated heterocycles. The summed E-state index contributed by atoms with van der Waals surface area (Å²) in [4.78, 5) is 24.5. The van der Waals surface area contributed by atoms with Gasteiger partial charge in [-0.25, -0.2) is 9.07 Å². The SMILES string of the molecule is COc1ccccc1NC(=O)Cn1nc(-c2ccc(F)cc2OC)ccc1=O. The van der Waals surface area contributed by atoms with Gasteiger partial charge in [-0.3, -0.25) is 9.59 Å². The second-order valence-electron chi connectivity index (χ2n) is 5.81. The molecule has 28 heavy (non-hydrogen) atoms. The second kappa shape index (κ2) is 8.34. The molecule has 1 N–H and O–H groups in total. The molecule has 0 aliphatic rings. The average Bonchev–Trinajstić information content (AvgIpc) is 2.70. The summed E-state index contributed by atoms with van der Waals surface area (Å²) < 4.78 is 24.8. The van der Waals surface area contributed by atoms with Gasteiger partial charge in [0.1, 0.15) is 23.9 Å². The zero-order valence-corrected chi connectivity index (χ0v) is 15.3. The molecule has 1 amide bonds. The highest BCUT2D eigenvalue weighted by atomic mass is 19.1. The third kappa shape index (κ3) is 4.17. The highest BCUT2D eigenvalue weighted by Gasteiger charge is 2.13. The van der Waals surface area contributed by atoms with E-state index in [2.05, 4.69) is 10.4 Å². The molecule has 0 saturated carbocycles. The maximum Gasteiger partial charge on any atom is 0.267 e. The van der Waals surface area contributed by atoms with Gasteiger partial charge >= 0.3 is 0 Å². The molecule has 3 rings (SSSR count). The third-order valence-corrected chi connectivity index (χ3v) is 3.98. The Bertz CT molecular complexity index is 1070. The van der Waals surface area contributed by atoms with Gasteiger partial charge in [0.15, 0.2) is 0 Å². The molecule has 3 aromatic rings. The molecule has 0 fully saturated rings. The van der Waals surface area contributed by atoms with E-state index in [9.17, 15) is 14.0 Å². The number of carbonyl (C=O) groups is 1. The van der Waals surface area contributed by atoms with Crippen molar-refractivity contribution in [1.29, 1.82) is 0 Å². The summed E-state index contributed by atoms with van der Waals surface area (Å²) in [5.41, 5.74) is 0.920. The average molecular weight is 383 g/mol. The van der Waals surface area contributed by atoms with Crippen LogP contribution in [0, 0.1) is 5.82 Å². The van der Waals surface area contributed by atoms with Crippen molar-refractivity contribution in [2.45, 2.75) is 6.54 Å². The normalized spacial score (nSPS) is 10.4. The molecule has 0 spiro atoms. The van der Waals surface area contributed by atoms with Gasteiger partial charge in [0.25, 0.3) is 5.56 Å². The highest BCUT2D eigenvalue weighted by Crippen LogP contribution is 2.28. The summed E-state index contributed by atoms with van der Waals surface area (Å²) in [5, 5.41) is 6.90. The van der Waals surface area contributed by atoms with Crippen LogP contribution in [0.1, 0.15) is 0 Å². The van der Waals surface area contributed by atoms with Gasteiger partial charge in [-0.1, -0.05) is 12.1 Å². The Hall–Kier alpha value is -3.68. The monoisotopic (exact) mass is 383 g/mol. The van der Waals surface area contributed by atoms with Crippen molar-refractivity contribution in [1.82, 2.24) is 9.78 Å². The molecule has 0 atom stereocenters. The Balaban J connectivity index is 1.86.